The van der Waals surface area contributed by atoms with Gasteiger partial charge in [-0.25, -0.2) is 9.99 Å². The Kier molecular flexibility index (Phi) is 29.5. The highest BCUT2D eigenvalue weighted by Gasteiger charge is 2.62. The third-order valence-corrected chi connectivity index (χ3v) is 24.7. The summed E-state index contributed by atoms with van der Waals surface area (Å²) in [5, 5.41) is 77.4. The molecule has 6 heterocycles. The van der Waals surface area contributed by atoms with E-state index in [1.165, 1.54) is 46.9 Å². The van der Waals surface area contributed by atoms with Crippen molar-refractivity contribution in [1.29, 1.82) is 0 Å². The molecule has 4 aliphatic rings. The summed E-state index contributed by atoms with van der Waals surface area (Å²) in [7, 11) is 3.09. The van der Waals surface area contributed by atoms with Gasteiger partial charge in [-0.1, -0.05) is 301 Å². The highest BCUT2D eigenvalue weighted by molar-refractivity contribution is 9.10. The summed E-state index contributed by atoms with van der Waals surface area (Å²) < 4.78 is 58.6. The first kappa shape index (κ1) is 88.9. The van der Waals surface area contributed by atoms with E-state index in [-0.39, 0.29) is 38.3 Å². The van der Waals surface area contributed by atoms with E-state index in [0.717, 1.165) is 80.1 Å². The van der Waals surface area contributed by atoms with Crippen molar-refractivity contribution in [1.82, 2.24) is 36.5 Å². The Labute approximate surface area is 756 Å². The topological polar surface area (TPSA) is 313 Å². The van der Waals surface area contributed by atoms with Crippen molar-refractivity contribution in [3.8, 4) is 45.9 Å². The molecule has 0 spiro atoms. The number of nitrogen functional groups attached to an aromatic ring is 1. The van der Waals surface area contributed by atoms with Gasteiger partial charge < -0.3 is 34.9 Å². The van der Waals surface area contributed by atoms with Crippen LogP contribution in [-0.4, -0.2) is 98.6 Å². The molecule has 19 rings (SSSR count). The molecular formula is C93H74BrClF3N15O8S5. The van der Waals surface area contributed by atoms with Crippen molar-refractivity contribution >= 4 is 156 Å². The van der Waals surface area contributed by atoms with Crippen LogP contribution in [0, 0.1) is 10.1 Å². The molecule has 0 saturated carbocycles. The molecule has 0 aliphatic carbocycles. The summed E-state index contributed by atoms with van der Waals surface area (Å²) >= 11 is 20.8. The van der Waals surface area contributed by atoms with Crippen LogP contribution in [0.1, 0.15) is 72.6 Å². The van der Waals surface area contributed by atoms with Gasteiger partial charge in [-0.2, -0.15) is 38.7 Å². The molecule has 634 valence electrons. The SMILES string of the molecule is COc1cc(O)cc(Br)c1/C=N/Nc1nc2ccccc2s1.COc1ccc([N+](=O)[O-])cc1C1NN=C(c2ccccc2)S1.Clc1ccc(C2NN=C(c3ccccc3)S2)cc1.Nc1cccc(-c2nnc(-c3ccccc3)o2)c1.OC1(C(F)(F)F)CC(c2ccccc2)=NN1C(=S)c1ccccc1.Oc1ccc2ccccc2c1C1NN=C(c2ccccc2)S1. The number of hydrogen-bond acceptors (Lipinski definition) is 26. The molecule has 13 aromatic carbocycles. The number of benzene rings is 13. The van der Waals surface area contributed by atoms with Gasteiger partial charge in [0.25, 0.3) is 11.4 Å². The number of para-hydroxylation sites is 1. The fourth-order valence-electron chi connectivity index (χ4n) is 12.7. The standard InChI is InChI=1S/C18H14N2OS.C17H13F3N2OS.C15H12BrN3O2S.C15H13N3O3S.C14H11ClN2S.C14H11N3O/c21-15-11-10-12-6-4-5-9-14(12)16(15)18-20-19-17(22-18)13-7-2-1-3-8-13;18-17(19,20)16(23)11-14(12-7-3-1-4-8-12)21-22(16)15(24)13-9-5-2-6-10-13;1-21-13-7-9(20)6-11(16)10(13)8-17-19-15-18-12-4-2-3-5-14(12)22-15;1-21-13-8-7-11(18(19)20)9-12(13)15-17-16-14(22-15)10-5-3-2-4-6-10;15-12-8-6-11(7-9-12)14-17-16-13(18-14)10-4-2-1-3-5-10;15-12-8-4-7-11(9-12)14-17-16-13(18-14)10-5-2-1-3-6-10/h1-11,18,20-21H;1-10,23H,11H2;2-8,20H,1H3,(H,18,19);2-9,15,17H,1H3;1-9,14,17H;1-9H,15H2/b;;17-8+;;;. The molecule has 4 unspecified atom stereocenters. The number of phenolic OH excluding ortho intramolecular Hbond substituents is 2. The Bertz CT molecular complexity index is 6430. The Balaban J connectivity index is 0.000000123. The van der Waals surface area contributed by atoms with Crippen LogP contribution >= 0.6 is 86.4 Å². The first-order valence-electron chi connectivity index (χ1n) is 38.4. The number of nitro groups is 1. The lowest BCUT2D eigenvalue weighted by Crippen LogP contribution is -2.56. The maximum Gasteiger partial charge on any atom is 0.438 e. The van der Waals surface area contributed by atoms with Crippen molar-refractivity contribution < 1.29 is 47.3 Å². The number of nitrogens with one attached hydrogen (secondary N) is 4. The lowest BCUT2D eigenvalue weighted by molar-refractivity contribution is -0.384. The lowest BCUT2D eigenvalue weighted by Gasteiger charge is -2.34. The highest BCUT2D eigenvalue weighted by Crippen LogP contribution is 2.46. The fraction of sp³-hybridized carbons (Fsp3) is 0.0860. The summed E-state index contributed by atoms with van der Waals surface area (Å²) in [4.78, 5) is 14.8. The predicted molar refractivity (Wildman–Crippen MR) is 507 cm³/mol. The molecular weight excluding hydrogens is 1790 g/mol. The monoisotopic (exact) mass is 1860 g/mol. The molecule has 0 bridgehead atoms. The molecule has 0 amide bonds. The number of methoxy groups -OCH3 is 2. The van der Waals surface area contributed by atoms with Crippen LogP contribution in [-0.2, 0) is 0 Å². The number of phenols is 2. The van der Waals surface area contributed by atoms with E-state index < -0.39 is 23.2 Å². The number of aliphatic hydroxyl groups is 1. The Morgan fingerprint density at radius 1 is 0.627 bits per heavy atom. The number of hydrogen-bond donors (Lipinski definition) is 8. The van der Waals surface area contributed by atoms with Crippen LogP contribution < -0.4 is 36.9 Å². The minimum atomic E-state index is -4.91. The summed E-state index contributed by atoms with van der Waals surface area (Å²) in [6, 6.07) is 98.9. The molecule has 23 nitrogen and oxygen atoms in total. The molecule has 15 aromatic rings. The van der Waals surface area contributed by atoms with E-state index >= 15 is 0 Å². The smallest absolute Gasteiger partial charge is 0.438 e. The maximum absolute atomic E-state index is 13.5. The number of aromatic hydroxyl groups is 2. The van der Waals surface area contributed by atoms with Crippen LogP contribution in [0.4, 0.5) is 29.7 Å². The molecule has 0 radical (unpaired) electrons. The number of thiazole rings is 1. The number of aromatic nitrogens is 3. The van der Waals surface area contributed by atoms with Gasteiger partial charge in [-0.15, -0.1) is 10.2 Å². The van der Waals surface area contributed by atoms with Crippen molar-refractivity contribution in [2.75, 3.05) is 25.4 Å². The molecule has 33 heteroatoms. The van der Waals surface area contributed by atoms with E-state index in [4.69, 9.17) is 43.4 Å². The second kappa shape index (κ2) is 41.8. The summed E-state index contributed by atoms with van der Waals surface area (Å²) in [5.74, 6) is 2.53. The number of rotatable bonds is 16. The lowest BCUT2D eigenvalue weighted by atomic mass is 10.0. The zero-order chi connectivity index (χ0) is 88.1. The Morgan fingerprint density at radius 2 is 1.15 bits per heavy atom. The van der Waals surface area contributed by atoms with Gasteiger partial charge in [0.1, 0.15) is 59.2 Å². The number of nitrogens with zero attached hydrogens (tertiary/aromatic N) is 10. The van der Waals surface area contributed by atoms with Crippen molar-refractivity contribution in [3.05, 3.63) is 391 Å². The zero-order valence-corrected chi connectivity index (χ0v) is 72.9. The highest BCUT2D eigenvalue weighted by atomic mass is 79.9. The van der Waals surface area contributed by atoms with E-state index in [1.54, 1.807) is 123 Å². The number of non-ortho nitro benzene ring substituents is 1. The third kappa shape index (κ3) is 22.2. The molecule has 4 atom stereocenters. The van der Waals surface area contributed by atoms with Gasteiger partial charge in [0.15, 0.2) is 0 Å². The van der Waals surface area contributed by atoms with Crippen molar-refractivity contribution in [3.63, 3.8) is 0 Å². The molecule has 9 N–H and O–H groups in total. The minimum Gasteiger partial charge on any atom is -0.508 e. The number of alkyl halides is 3. The number of thioether (sulfide) groups is 3. The van der Waals surface area contributed by atoms with E-state index in [2.05, 4.69) is 96.5 Å². The van der Waals surface area contributed by atoms with Crippen molar-refractivity contribution in [2.45, 2.75) is 34.4 Å². The van der Waals surface area contributed by atoms with Crippen LogP contribution in [0.5, 0.6) is 23.0 Å². The molecule has 126 heavy (non-hydrogen) atoms. The summed E-state index contributed by atoms with van der Waals surface area (Å²) in [6.45, 7) is 0. The van der Waals surface area contributed by atoms with Crippen LogP contribution in [0.3, 0.4) is 0 Å². The van der Waals surface area contributed by atoms with Gasteiger partial charge in [0, 0.05) is 77.9 Å². The molecule has 0 fully saturated rings. The zero-order valence-electron chi connectivity index (χ0n) is 66.5. The molecule has 2 aromatic heterocycles. The van der Waals surface area contributed by atoms with Gasteiger partial charge in [0.05, 0.1) is 53.3 Å². The number of thiocarbonyl (C=S) groups is 1. The third-order valence-electron chi connectivity index (χ3n) is 19.0. The first-order chi connectivity index (χ1) is 61.2. The molecule has 4 aliphatic heterocycles. The number of anilines is 2. The number of ether oxygens (including phenoxy) is 2. The Morgan fingerprint density at radius 3 is 1.74 bits per heavy atom. The largest absolute Gasteiger partial charge is 0.508 e. The van der Waals surface area contributed by atoms with E-state index in [0.29, 0.717) is 66.0 Å². The second-order valence-electron chi connectivity index (χ2n) is 27.4. The van der Waals surface area contributed by atoms with E-state index in [1.807, 2.05) is 206 Å². The number of fused-ring (bicyclic) bond motifs is 2. The van der Waals surface area contributed by atoms with Gasteiger partial charge >= 0.3 is 6.18 Å². The normalized spacial score (nSPS) is 16.0. The predicted octanol–water partition coefficient (Wildman–Crippen LogP) is 22.5. The average molecular weight is 1860 g/mol. The van der Waals surface area contributed by atoms with Crippen LogP contribution in [0.2, 0.25) is 5.02 Å². The number of nitro benzene ring substituents is 1. The fourth-order valence-corrected chi connectivity index (χ4v) is 17.6. The van der Waals surface area contributed by atoms with Crippen LogP contribution in [0.15, 0.2) is 356 Å². The number of halogens is 5. The molecule has 0 saturated heterocycles. The minimum absolute atomic E-state index is 0.0337. The number of hydrazone groups is 5. The van der Waals surface area contributed by atoms with Gasteiger partial charge in [0.2, 0.25) is 16.9 Å². The maximum atomic E-state index is 13.5. The first-order valence-corrected chi connectivity index (χ1v) is 43.4. The average Bonchev–Trinajstić information content (AvgIpc) is 1.55. The van der Waals surface area contributed by atoms with Gasteiger partial charge in [-0.3, -0.25) is 31.8 Å². The van der Waals surface area contributed by atoms with Crippen molar-refractivity contribution in [2.24, 2.45) is 25.5 Å². The van der Waals surface area contributed by atoms with Crippen LogP contribution in [0.25, 0.3) is 43.9 Å². The van der Waals surface area contributed by atoms with E-state index in [9.17, 15) is 38.6 Å². The summed E-state index contributed by atoms with van der Waals surface area (Å²) in [6.07, 6.45) is -3.98. The number of nitrogens with two attached hydrogens (primary N) is 1. The van der Waals surface area contributed by atoms with Gasteiger partial charge in [-0.05, 0) is 111 Å². The quantitative estimate of drug-likeness (QED) is 0.0146. The Hall–Kier alpha value is -13.4. The second-order valence-corrected chi connectivity index (χ2v) is 33.4. The summed E-state index contributed by atoms with van der Waals surface area (Å²) in [5.41, 5.74) is 25.9.